The molecule has 1 aliphatic carbocycles. The van der Waals surface area contributed by atoms with Crippen LogP contribution >= 0.6 is 0 Å². The van der Waals surface area contributed by atoms with Crippen LogP contribution in [0, 0.1) is 11.3 Å². The average Bonchev–Trinajstić information content (AvgIpc) is 2.82. The third-order valence-corrected chi connectivity index (χ3v) is 4.14. The molecule has 0 N–H and O–H groups in total. The van der Waals surface area contributed by atoms with Crippen molar-refractivity contribution in [3.63, 3.8) is 0 Å². The second-order valence-corrected chi connectivity index (χ2v) is 6.04. The Morgan fingerprint density at radius 2 is 2.12 bits per heavy atom. The molecule has 0 amide bonds. The van der Waals surface area contributed by atoms with Gasteiger partial charge in [0.2, 0.25) is 0 Å². The minimum Gasteiger partial charge on any atom is -0.459 e. The van der Waals surface area contributed by atoms with E-state index in [4.69, 9.17) is 9.47 Å². The largest absolute Gasteiger partial charge is 0.459 e. The lowest BCUT2D eigenvalue weighted by molar-refractivity contribution is -0.165. The number of esters is 1. The summed E-state index contributed by atoms with van der Waals surface area (Å²) in [6.07, 6.45) is 5.34. The van der Waals surface area contributed by atoms with Gasteiger partial charge in [0.15, 0.2) is 0 Å². The van der Waals surface area contributed by atoms with Crippen LogP contribution in [0.15, 0.2) is 0 Å². The van der Waals surface area contributed by atoms with Gasteiger partial charge in [-0.15, -0.1) is 0 Å². The molecular weight excluding hydrogens is 216 g/mol. The van der Waals surface area contributed by atoms with Gasteiger partial charge >= 0.3 is 5.97 Å². The fourth-order valence-corrected chi connectivity index (χ4v) is 3.07. The lowest BCUT2D eigenvalue weighted by Crippen LogP contribution is -2.35. The summed E-state index contributed by atoms with van der Waals surface area (Å²) in [4.78, 5) is 12.1. The molecule has 3 heteroatoms. The Morgan fingerprint density at radius 1 is 1.35 bits per heavy atom. The summed E-state index contributed by atoms with van der Waals surface area (Å²) in [7, 11) is 0. The molecule has 0 aromatic heterocycles. The van der Waals surface area contributed by atoms with Crippen LogP contribution in [0.5, 0.6) is 0 Å². The van der Waals surface area contributed by atoms with Crippen LogP contribution in [0.4, 0.5) is 0 Å². The predicted octanol–water partition coefficient (Wildman–Crippen LogP) is 2.92. The molecule has 1 saturated carbocycles. The van der Waals surface area contributed by atoms with E-state index in [0.29, 0.717) is 5.92 Å². The molecule has 0 aromatic carbocycles. The maximum absolute atomic E-state index is 12.1. The van der Waals surface area contributed by atoms with Crippen molar-refractivity contribution < 1.29 is 14.3 Å². The summed E-state index contributed by atoms with van der Waals surface area (Å²) >= 11 is 0. The maximum Gasteiger partial charge on any atom is 0.311 e. The van der Waals surface area contributed by atoms with Crippen LogP contribution in [0.2, 0.25) is 0 Å². The molecule has 3 atom stereocenters. The molecule has 3 nitrogen and oxygen atoms in total. The summed E-state index contributed by atoms with van der Waals surface area (Å²) in [5.41, 5.74) is -0.356. The van der Waals surface area contributed by atoms with Gasteiger partial charge in [-0.05, 0) is 45.4 Å². The van der Waals surface area contributed by atoms with Crippen molar-refractivity contribution in [2.45, 2.75) is 65.1 Å². The van der Waals surface area contributed by atoms with Gasteiger partial charge in [-0.1, -0.05) is 13.3 Å². The smallest absolute Gasteiger partial charge is 0.311 e. The van der Waals surface area contributed by atoms with Crippen LogP contribution in [-0.2, 0) is 14.3 Å². The molecular formula is C14H24O3. The van der Waals surface area contributed by atoms with E-state index in [-0.39, 0.29) is 23.6 Å². The molecule has 2 aliphatic rings. The van der Waals surface area contributed by atoms with E-state index in [1.165, 1.54) is 0 Å². The molecule has 3 unspecified atom stereocenters. The Hall–Kier alpha value is -0.570. The lowest BCUT2D eigenvalue weighted by Gasteiger charge is -2.26. The Kier molecular flexibility index (Phi) is 3.76. The van der Waals surface area contributed by atoms with Crippen molar-refractivity contribution in [2.24, 2.45) is 11.3 Å². The van der Waals surface area contributed by atoms with Gasteiger partial charge in [0, 0.05) is 6.61 Å². The number of hydrogen-bond acceptors (Lipinski definition) is 3. The predicted molar refractivity (Wildman–Crippen MR) is 65.7 cm³/mol. The number of ether oxygens (including phenoxy) is 2. The first-order valence-electron chi connectivity index (χ1n) is 6.87. The van der Waals surface area contributed by atoms with E-state index in [1.807, 2.05) is 13.8 Å². The van der Waals surface area contributed by atoms with Gasteiger partial charge in [-0.3, -0.25) is 4.79 Å². The fourth-order valence-electron chi connectivity index (χ4n) is 3.07. The molecule has 1 aliphatic heterocycles. The van der Waals surface area contributed by atoms with E-state index in [1.54, 1.807) is 0 Å². The standard InChI is InChI=1S/C14H24O3/c1-4-8-14(2,3)13(15)17-11-6-5-10-7-9-16-12(10)11/h10-12H,4-9H2,1-3H3. The molecule has 17 heavy (non-hydrogen) atoms. The summed E-state index contributed by atoms with van der Waals surface area (Å²) in [5.74, 6) is 0.572. The summed E-state index contributed by atoms with van der Waals surface area (Å²) in [6.45, 7) is 6.88. The molecule has 2 fully saturated rings. The van der Waals surface area contributed by atoms with Crippen molar-refractivity contribution in [1.82, 2.24) is 0 Å². The zero-order chi connectivity index (χ0) is 12.5. The first-order valence-corrected chi connectivity index (χ1v) is 6.87. The molecule has 1 heterocycles. The normalized spacial score (nSPS) is 32.5. The van der Waals surface area contributed by atoms with Crippen molar-refractivity contribution in [3.05, 3.63) is 0 Å². The Bertz CT molecular complexity index is 285. The Balaban J connectivity index is 1.90. The molecule has 98 valence electrons. The van der Waals surface area contributed by atoms with E-state index in [0.717, 1.165) is 38.7 Å². The van der Waals surface area contributed by atoms with E-state index in [2.05, 4.69) is 6.92 Å². The lowest BCUT2D eigenvalue weighted by atomic mass is 9.88. The minimum atomic E-state index is -0.356. The molecule has 2 rings (SSSR count). The summed E-state index contributed by atoms with van der Waals surface area (Å²) in [6, 6.07) is 0. The second-order valence-electron chi connectivity index (χ2n) is 6.04. The van der Waals surface area contributed by atoms with Crippen molar-refractivity contribution in [1.29, 1.82) is 0 Å². The van der Waals surface area contributed by atoms with E-state index >= 15 is 0 Å². The van der Waals surface area contributed by atoms with E-state index < -0.39 is 0 Å². The van der Waals surface area contributed by atoms with Crippen LogP contribution in [0.1, 0.15) is 52.9 Å². The average molecular weight is 240 g/mol. The number of fused-ring (bicyclic) bond motifs is 1. The Morgan fingerprint density at radius 3 is 2.82 bits per heavy atom. The monoisotopic (exact) mass is 240 g/mol. The quantitative estimate of drug-likeness (QED) is 0.709. The van der Waals surface area contributed by atoms with Crippen LogP contribution < -0.4 is 0 Å². The van der Waals surface area contributed by atoms with Crippen molar-refractivity contribution >= 4 is 5.97 Å². The van der Waals surface area contributed by atoms with Gasteiger partial charge in [0.1, 0.15) is 6.10 Å². The maximum atomic E-state index is 12.1. The van der Waals surface area contributed by atoms with Crippen molar-refractivity contribution in [2.75, 3.05) is 6.61 Å². The van der Waals surface area contributed by atoms with Gasteiger partial charge in [-0.2, -0.15) is 0 Å². The highest BCUT2D eigenvalue weighted by molar-refractivity contribution is 5.76. The first kappa shape index (κ1) is 12.9. The fraction of sp³-hybridized carbons (Fsp3) is 0.929. The highest BCUT2D eigenvalue weighted by Crippen LogP contribution is 2.38. The number of carbonyl (C=O) groups excluding carboxylic acids is 1. The Labute approximate surface area is 104 Å². The topological polar surface area (TPSA) is 35.5 Å². The van der Waals surface area contributed by atoms with Gasteiger partial charge in [0.25, 0.3) is 0 Å². The molecule has 0 bridgehead atoms. The molecule has 1 saturated heterocycles. The van der Waals surface area contributed by atoms with Crippen LogP contribution in [-0.4, -0.2) is 24.8 Å². The highest BCUT2D eigenvalue weighted by Gasteiger charge is 2.44. The van der Waals surface area contributed by atoms with Crippen LogP contribution in [0.25, 0.3) is 0 Å². The van der Waals surface area contributed by atoms with Gasteiger partial charge < -0.3 is 9.47 Å². The number of hydrogen-bond donors (Lipinski definition) is 0. The van der Waals surface area contributed by atoms with Gasteiger partial charge in [0.05, 0.1) is 11.5 Å². The van der Waals surface area contributed by atoms with Gasteiger partial charge in [-0.25, -0.2) is 0 Å². The minimum absolute atomic E-state index is 0.00568. The van der Waals surface area contributed by atoms with Crippen LogP contribution in [0.3, 0.4) is 0 Å². The van der Waals surface area contributed by atoms with E-state index in [9.17, 15) is 4.79 Å². The summed E-state index contributed by atoms with van der Waals surface area (Å²) < 4.78 is 11.4. The zero-order valence-corrected chi connectivity index (χ0v) is 11.2. The SMILES string of the molecule is CCCC(C)(C)C(=O)OC1CCC2CCOC21. The number of rotatable bonds is 4. The molecule has 0 spiro atoms. The third kappa shape index (κ3) is 2.65. The first-order chi connectivity index (χ1) is 8.04. The second kappa shape index (κ2) is 4.97. The summed E-state index contributed by atoms with van der Waals surface area (Å²) in [5, 5.41) is 0. The molecule has 0 aromatic rings. The number of carbonyl (C=O) groups is 1. The third-order valence-electron chi connectivity index (χ3n) is 4.14. The molecule has 0 radical (unpaired) electrons. The van der Waals surface area contributed by atoms with Crippen molar-refractivity contribution in [3.8, 4) is 0 Å². The zero-order valence-electron chi connectivity index (χ0n) is 11.2. The highest BCUT2D eigenvalue weighted by atomic mass is 16.6.